The summed E-state index contributed by atoms with van der Waals surface area (Å²) in [5.74, 6) is -1.67. The summed E-state index contributed by atoms with van der Waals surface area (Å²) in [5, 5.41) is 30.1. The Morgan fingerprint density at radius 3 is 1.00 bits per heavy atom. The molecule has 0 fully saturated rings. The molecule has 0 aliphatic heterocycles. The Balaban J connectivity index is -0.0000000270. The van der Waals surface area contributed by atoms with Crippen LogP contribution in [0.3, 0.4) is 0 Å². The Bertz CT molecular complexity index is 98.9. The number of aliphatic hydroxyl groups excluding tert-OH is 2. The normalized spacial score (nSPS) is 5.71. The van der Waals surface area contributed by atoms with E-state index in [2.05, 4.69) is 0 Å². The fourth-order valence-electron chi connectivity index (χ4n) is 0. The van der Waals surface area contributed by atoms with Gasteiger partial charge in [0.2, 0.25) is 0 Å². The molecule has 0 rings (SSSR count). The van der Waals surface area contributed by atoms with Crippen LogP contribution in [-0.2, 0) is 29.1 Å². The van der Waals surface area contributed by atoms with Gasteiger partial charge in [0, 0.05) is 33.3 Å². The van der Waals surface area contributed by atoms with Crippen LogP contribution in [0.25, 0.3) is 0 Å². The minimum Gasteiger partial charge on any atom is 0 e. The molecule has 4 N–H and O–H groups in total. The summed E-state index contributed by atoms with van der Waals surface area (Å²) < 4.78 is 0. The van der Waals surface area contributed by atoms with Gasteiger partial charge in [-0.05, 0) is 0 Å². The first-order valence-corrected chi connectivity index (χ1v) is 2.99. The molecule has 0 saturated carbocycles. The summed E-state index contributed by atoms with van der Waals surface area (Å²) in [4.78, 5) is 18.0. The van der Waals surface area contributed by atoms with E-state index in [1.54, 1.807) is 0 Å². The molecular formula is C6H15NaO6Zn. The second kappa shape index (κ2) is 29.2. The molecule has 0 amide bonds. The van der Waals surface area contributed by atoms with Crippen LogP contribution in [-0.4, -0.2) is 75.1 Å². The van der Waals surface area contributed by atoms with Gasteiger partial charge in [0.1, 0.15) is 0 Å². The predicted molar refractivity (Wildman–Crippen MR) is 47.9 cm³/mol. The van der Waals surface area contributed by atoms with Crippen LogP contribution in [0.5, 0.6) is 0 Å². The van der Waals surface area contributed by atoms with Crippen LogP contribution in [0.2, 0.25) is 0 Å². The van der Waals surface area contributed by atoms with Crippen molar-refractivity contribution < 1.29 is 49.5 Å². The van der Waals surface area contributed by atoms with Gasteiger partial charge in [0.15, 0.2) is 0 Å². The first-order valence-electron chi connectivity index (χ1n) is 2.99. The van der Waals surface area contributed by atoms with Crippen LogP contribution in [0.15, 0.2) is 0 Å². The van der Waals surface area contributed by atoms with E-state index in [1.165, 1.54) is 0 Å². The second-order valence-corrected chi connectivity index (χ2v) is 1.49. The summed E-state index contributed by atoms with van der Waals surface area (Å²) in [6.45, 7) is 1.92. The molecule has 78 valence electrons. The first-order chi connectivity index (χ1) is 5.38. The molecule has 0 aromatic rings. The van der Waals surface area contributed by atoms with Gasteiger partial charge in [0.25, 0.3) is 11.9 Å². The first kappa shape index (κ1) is 29.3. The summed E-state index contributed by atoms with van der Waals surface area (Å²) >= 11 is 0. The maximum atomic E-state index is 9.00. The molecular weight excluding hydrogens is 256 g/mol. The van der Waals surface area contributed by atoms with Gasteiger partial charge in [-0.15, -0.1) is 0 Å². The minimum absolute atomic E-state index is 0. The van der Waals surface area contributed by atoms with Crippen molar-refractivity contribution in [1.29, 1.82) is 0 Å². The Hall–Kier alpha value is 0.483. The van der Waals surface area contributed by atoms with Crippen LogP contribution in [0.1, 0.15) is 13.8 Å². The zero-order valence-electron chi connectivity index (χ0n) is 7.73. The molecule has 0 spiro atoms. The van der Waals surface area contributed by atoms with Crippen molar-refractivity contribution in [2.75, 3.05) is 13.2 Å². The Morgan fingerprint density at radius 1 is 0.929 bits per heavy atom. The van der Waals surface area contributed by atoms with Gasteiger partial charge >= 0.3 is 29.6 Å². The number of carbonyl (C=O) groups is 2. The third kappa shape index (κ3) is 748. The van der Waals surface area contributed by atoms with E-state index in [0.29, 0.717) is 0 Å². The van der Waals surface area contributed by atoms with Gasteiger partial charge in [-0.25, -0.2) is 0 Å². The molecule has 0 heterocycles. The summed E-state index contributed by atoms with van der Waals surface area (Å²) in [6, 6.07) is 0. The summed E-state index contributed by atoms with van der Waals surface area (Å²) in [7, 11) is 0. The molecule has 6 nitrogen and oxygen atoms in total. The number of aliphatic carboxylic acids is 2. The maximum Gasteiger partial charge on any atom is 0 e. The smallest absolute Gasteiger partial charge is 0 e. The zero-order valence-corrected chi connectivity index (χ0v) is 10.7. The number of rotatable bonds is 1. The molecule has 0 bridgehead atoms. The molecule has 0 unspecified atom stereocenters. The molecule has 0 atom stereocenters. The van der Waals surface area contributed by atoms with Gasteiger partial charge < -0.3 is 20.4 Å². The number of aliphatic hydroxyl groups is 2. The van der Waals surface area contributed by atoms with Crippen LogP contribution < -0.4 is 0 Å². The number of carboxylic acid groups (broad SMARTS) is 2. The van der Waals surface area contributed by atoms with Gasteiger partial charge in [0.05, 0.1) is 13.2 Å². The topological polar surface area (TPSA) is 115 Å². The average Bonchev–Trinajstić information content (AvgIpc) is 1.85. The molecule has 0 aliphatic carbocycles. The molecule has 14 heavy (non-hydrogen) atoms. The second-order valence-electron chi connectivity index (χ2n) is 1.49. The summed E-state index contributed by atoms with van der Waals surface area (Å²) in [5.41, 5.74) is 0. The Kier molecular flexibility index (Phi) is 61.1. The quantitative estimate of drug-likeness (QED) is 0.432. The number of hydrogen-bond donors (Lipinski definition) is 4. The van der Waals surface area contributed by atoms with Gasteiger partial charge in [-0.2, -0.15) is 0 Å². The van der Waals surface area contributed by atoms with E-state index in [0.717, 1.165) is 13.8 Å². The Labute approximate surface area is 117 Å². The van der Waals surface area contributed by atoms with E-state index >= 15 is 0 Å². The van der Waals surface area contributed by atoms with Crippen molar-refractivity contribution in [3.63, 3.8) is 0 Å². The number of carboxylic acids is 2. The molecule has 0 aromatic carbocycles. The van der Waals surface area contributed by atoms with Gasteiger partial charge in [-0.3, -0.25) is 9.59 Å². The fraction of sp³-hybridized carbons (Fsp3) is 0.667. The van der Waals surface area contributed by atoms with Crippen LogP contribution in [0, 0.1) is 0 Å². The minimum atomic E-state index is -0.833. The fourth-order valence-corrected chi connectivity index (χ4v) is 0. The van der Waals surface area contributed by atoms with E-state index in [4.69, 9.17) is 30.0 Å². The zero-order chi connectivity index (χ0) is 10.6. The third-order valence-electron chi connectivity index (χ3n) is 0.1000. The van der Waals surface area contributed by atoms with Crippen molar-refractivity contribution >= 4 is 41.5 Å². The summed E-state index contributed by atoms with van der Waals surface area (Å²) in [6.07, 6.45) is 0. The van der Waals surface area contributed by atoms with E-state index in [-0.39, 0.29) is 62.2 Å². The molecule has 0 saturated heterocycles. The van der Waals surface area contributed by atoms with Crippen molar-refractivity contribution in [2.45, 2.75) is 13.8 Å². The van der Waals surface area contributed by atoms with E-state index in [9.17, 15) is 0 Å². The SMILES string of the molecule is CC(=O)O.CC(=O)O.OCCO.[NaH].[Zn]. The average molecular weight is 272 g/mol. The van der Waals surface area contributed by atoms with Crippen molar-refractivity contribution in [3.8, 4) is 0 Å². The van der Waals surface area contributed by atoms with Crippen LogP contribution >= 0.6 is 0 Å². The van der Waals surface area contributed by atoms with E-state index < -0.39 is 11.9 Å². The standard InChI is InChI=1S/2C2H4O2.C2H6O2.Na.Zn.H/c2*1-2(3)4;3-1-2-4;;;/h2*1H3,(H,3,4);3-4H,1-2H2;;;. The molecule has 0 aromatic heterocycles. The van der Waals surface area contributed by atoms with Crippen molar-refractivity contribution in [3.05, 3.63) is 0 Å². The van der Waals surface area contributed by atoms with E-state index in [1.807, 2.05) is 0 Å². The maximum absolute atomic E-state index is 9.00. The molecule has 0 radical (unpaired) electrons. The molecule has 8 heteroatoms. The monoisotopic (exact) mass is 270 g/mol. The van der Waals surface area contributed by atoms with Crippen molar-refractivity contribution in [1.82, 2.24) is 0 Å². The van der Waals surface area contributed by atoms with Crippen molar-refractivity contribution in [2.24, 2.45) is 0 Å². The van der Waals surface area contributed by atoms with Crippen LogP contribution in [0.4, 0.5) is 0 Å². The Morgan fingerprint density at radius 2 is 1.00 bits per heavy atom. The largest absolute Gasteiger partial charge is 0 e. The molecule has 0 aliphatic rings. The van der Waals surface area contributed by atoms with Gasteiger partial charge in [-0.1, -0.05) is 0 Å². The third-order valence-corrected chi connectivity index (χ3v) is 0.1000. The number of hydrogen-bond acceptors (Lipinski definition) is 4. The predicted octanol–water partition coefficient (Wildman–Crippen LogP) is -1.50.